The fraction of sp³-hybridized carbons (Fsp3) is 0.571. The van der Waals surface area contributed by atoms with Crippen molar-refractivity contribution in [3.63, 3.8) is 0 Å². The Morgan fingerprint density at radius 1 is 1.41 bits per heavy atom. The molecule has 0 unspecified atom stereocenters. The molecule has 3 rings (SSSR count). The molecule has 0 bridgehead atoms. The summed E-state index contributed by atoms with van der Waals surface area (Å²) in [6.45, 7) is 0. The van der Waals surface area contributed by atoms with Crippen LogP contribution < -0.4 is 0 Å². The highest BCUT2D eigenvalue weighted by Crippen LogP contribution is 2.52. The van der Waals surface area contributed by atoms with Gasteiger partial charge in [-0.3, -0.25) is 9.69 Å². The monoisotopic (exact) mass is 317 g/mol. The number of aliphatic carboxylic acids is 1. The lowest BCUT2D eigenvalue weighted by atomic mass is 9.75. The number of halogens is 3. The van der Waals surface area contributed by atoms with E-state index in [-0.39, 0.29) is 17.3 Å². The van der Waals surface area contributed by atoms with Crippen LogP contribution in [0.5, 0.6) is 0 Å². The summed E-state index contributed by atoms with van der Waals surface area (Å²) in [5.41, 5.74) is -0.112. The highest BCUT2D eigenvalue weighted by atomic mass is 19.4. The number of alkyl halides is 3. The van der Waals surface area contributed by atoms with Crippen LogP contribution in [0.2, 0.25) is 0 Å². The van der Waals surface area contributed by atoms with Crippen molar-refractivity contribution in [2.45, 2.75) is 37.6 Å². The van der Waals surface area contributed by atoms with E-state index in [0.29, 0.717) is 18.4 Å². The molecular formula is C14H14F3NO4. The highest BCUT2D eigenvalue weighted by Gasteiger charge is 2.59. The number of carbonyl (C=O) groups excluding carboxylic acids is 1. The molecule has 3 atom stereocenters. The Kier molecular flexibility index (Phi) is 3.32. The van der Waals surface area contributed by atoms with Crippen molar-refractivity contribution in [1.29, 1.82) is 0 Å². The molecule has 2 fully saturated rings. The zero-order valence-corrected chi connectivity index (χ0v) is 11.7. The van der Waals surface area contributed by atoms with E-state index >= 15 is 0 Å². The molecule has 0 aromatic rings. The molecular weight excluding hydrogens is 303 g/mol. The maximum Gasteiger partial charge on any atom is 0.410 e. The van der Waals surface area contributed by atoms with Gasteiger partial charge in [-0.25, -0.2) is 4.79 Å². The number of allylic oxidation sites excluding steroid dienone is 1. The lowest BCUT2D eigenvalue weighted by Gasteiger charge is -2.42. The van der Waals surface area contributed by atoms with E-state index in [1.807, 2.05) is 0 Å². The van der Waals surface area contributed by atoms with Gasteiger partial charge < -0.3 is 9.84 Å². The molecule has 1 aliphatic carbocycles. The third kappa shape index (κ3) is 2.05. The molecule has 120 valence electrons. The van der Waals surface area contributed by atoms with Crippen LogP contribution in [0.1, 0.15) is 19.3 Å². The standard InChI is InChI=1S/C14H14F3NO4/c1-22-8-4-2-3-6-9(8)11(13(20)21)18-10(6)7(12(18)19)5-14(15,16)17/h5-6,8,10H,2-4H2,1H3,(H,20,21)/b7-5+/t6-,8-,10+/m0/s1. The summed E-state index contributed by atoms with van der Waals surface area (Å²) >= 11 is 0. The number of nitrogens with zero attached hydrogens (tertiary/aromatic N) is 1. The SMILES string of the molecule is CO[C@H]1CCC[C@H]2C1=C(C(=O)O)N1C(=O)/C(=C/C(F)(F)F)[C@@H]21. The minimum absolute atomic E-state index is 0.00464. The summed E-state index contributed by atoms with van der Waals surface area (Å²) in [5, 5.41) is 9.38. The van der Waals surface area contributed by atoms with Gasteiger partial charge in [-0.1, -0.05) is 0 Å². The topological polar surface area (TPSA) is 66.8 Å². The van der Waals surface area contributed by atoms with Gasteiger partial charge in [0.05, 0.1) is 12.1 Å². The zero-order valence-electron chi connectivity index (χ0n) is 11.7. The largest absolute Gasteiger partial charge is 0.477 e. The molecule has 8 heteroatoms. The summed E-state index contributed by atoms with van der Waals surface area (Å²) in [5.74, 6) is -2.58. The van der Waals surface area contributed by atoms with Gasteiger partial charge in [-0.2, -0.15) is 13.2 Å². The number of methoxy groups -OCH3 is 1. The number of β-lactam (4-membered cyclic amide) rings is 1. The number of hydrogen-bond acceptors (Lipinski definition) is 3. The second-order valence-corrected chi connectivity index (χ2v) is 5.63. The van der Waals surface area contributed by atoms with Crippen molar-refractivity contribution in [2.75, 3.05) is 7.11 Å². The van der Waals surface area contributed by atoms with Crippen LogP contribution in [0.15, 0.2) is 22.9 Å². The van der Waals surface area contributed by atoms with Gasteiger partial charge in [-0.15, -0.1) is 0 Å². The Bertz CT molecular complexity index is 608. The molecule has 22 heavy (non-hydrogen) atoms. The lowest BCUT2D eigenvalue weighted by Crippen LogP contribution is -2.55. The molecule has 1 amide bonds. The summed E-state index contributed by atoms with van der Waals surface area (Å²) in [7, 11) is 1.43. The lowest BCUT2D eigenvalue weighted by molar-refractivity contribution is -0.143. The van der Waals surface area contributed by atoms with Crippen LogP contribution >= 0.6 is 0 Å². The number of carboxylic acids is 1. The normalized spacial score (nSPS) is 32.9. The Labute approximate surface area is 124 Å². The molecule has 1 saturated carbocycles. The first kappa shape index (κ1) is 15.1. The molecule has 0 aromatic heterocycles. The third-order valence-electron chi connectivity index (χ3n) is 4.49. The van der Waals surface area contributed by atoms with E-state index in [1.165, 1.54) is 7.11 Å². The average molecular weight is 317 g/mol. The smallest absolute Gasteiger partial charge is 0.410 e. The molecule has 0 radical (unpaired) electrons. The Balaban J connectivity index is 2.06. The number of ether oxygens (including phenoxy) is 1. The third-order valence-corrected chi connectivity index (χ3v) is 4.49. The maximum atomic E-state index is 12.6. The molecule has 0 spiro atoms. The van der Waals surface area contributed by atoms with Crippen LogP contribution in [-0.2, 0) is 14.3 Å². The van der Waals surface area contributed by atoms with Gasteiger partial charge >= 0.3 is 12.1 Å². The van der Waals surface area contributed by atoms with E-state index in [9.17, 15) is 27.9 Å². The van der Waals surface area contributed by atoms with Crippen molar-refractivity contribution >= 4 is 11.9 Å². The van der Waals surface area contributed by atoms with E-state index in [4.69, 9.17) is 4.74 Å². The average Bonchev–Trinajstić information content (AvgIpc) is 2.75. The minimum atomic E-state index is -4.60. The molecule has 3 aliphatic rings. The van der Waals surface area contributed by atoms with Crippen LogP contribution in [0.4, 0.5) is 13.2 Å². The second-order valence-electron chi connectivity index (χ2n) is 5.63. The Morgan fingerprint density at radius 3 is 2.64 bits per heavy atom. The van der Waals surface area contributed by atoms with Crippen molar-refractivity contribution in [1.82, 2.24) is 4.90 Å². The summed E-state index contributed by atoms with van der Waals surface area (Å²) in [6, 6.07) is -0.826. The first-order valence-electron chi connectivity index (χ1n) is 6.89. The number of carbonyl (C=O) groups is 2. The van der Waals surface area contributed by atoms with E-state index in [0.717, 1.165) is 11.3 Å². The van der Waals surface area contributed by atoms with Gasteiger partial charge in [-0.05, 0) is 24.8 Å². The van der Waals surface area contributed by atoms with Crippen LogP contribution in [-0.4, -0.2) is 47.3 Å². The minimum Gasteiger partial charge on any atom is -0.477 e. The zero-order chi connectivity index (χ0) is 16.2. The quantitative estimate of drug-likeness (QED) is 0.623. The predicted octanol–water partition coefficient (Wildman–Crippen LogP) is 1.85. The fourth-order valence-electron chi connectivity index (χ4n) is 3.77. The van der Waals surface area contributed by atoms with Crippen molar-refractivity contribution in [3.8, 4) is 0 Å². The van der Waals surface area contributed by atoms with Crippen LogP contribution in [0.25, 0.3) is 0 Å². The summed E-state index contributed by atoms with van der Waals surface area (Å²) < 4.78 is 43.0. The molecule has 2 aliphatic heterocycles. The molecule has 2 heterocycles. The Morgan fingerprint density at radius 2 is 2.09 bits per heavy atom. The molecule has 0 aromatic carbocycles. The van der Waals surface area contributed by atoms with Crippen molar-refractivity contribution < 1.29 is 32.6 Å². The first-order valence-corrected chi connectivity index (χ1v) is 6.89. The van der Waals surface area contributed by atoms with E-state index < -0.39 is 36.1 Å². The number of fused-ring (bicyclic) bond motifs is 3. The first-order chi connectivity index (χ1) is 10.3. The fourth-order valence-corrected chi connectivity index (χ4v) is 3.77. The predicted molar refractivity (Wildman–Crippen MR) is 67.6 cm³/mol. The van der Waals surface area contributed by atoms with E-state index in [1.54, 1.807) is 0 Å². The highest BCUT2D eigenvalue weighted by molar-refractivity contribution is 6.09. The number of carboxylic acid groups (broad SMARTS) is 1. The number of rotatable bonds is 2. The summed E-state index contributed by atoms with van der Waals surface area (Å²) in [4.78, 5) is 24.5. The van der Waals surface area contributed by atoms with Gasteiger partial charge in [0.25, 0.3) is 5.91 Å². The maximum absolute atomic E-state index is 12.6. The van der Waals surface area contributed by atoms with Crippen molar-refractivity contribution in [2.24, 2.45) is 5.92 Å². The summed E-state index contributed by atoms with van der Waals surface area (Å²) in [6.07, 6.45) is -3.19. The van der Waals surface area contributed by atoms with Gasteiger partial charge in [0.1, 0.15) is 5.70 Å². The number of amides is 1. The van der Waals surface area contributed by atoms with Gasteiger partial charge in [0, 0.05) is 24.7 Å². The Hall–Kier alpha value is -1.83. The number of hydrogen-bond donors (Lipinski definition) is 1. The molecule has 1 saturated heterocycles. The van der Waals surface area contributed by atoms with Crippen LogP contribution in [0.3, 0.4) is 0 Å². The van der Waals surface area contributed by atoms with E-state index in [2.05, 4.69) is 0 Å². The second kappa shape index (κ2) is 4.84. The van der Waals surface area contributed by atoms with Gasteiger partial charge in [0.2, 0.25) is 0 Å². The molecule has 5 nitrogen and oxygen atoms in total. The van der Waals surface area contributed by atoms with Gasteiger partial charge in [0.15, 0.2) is 0 Å². The molecule has 1 N–H and O–H groups in total. The van der Waals surface area contributed by atoms with Crippen LogP contribution in [0, 0.1) is 5.92 Å². The van der Waals surface area contributed by atoms with Crippen molar-refractivity contribution in [3.05, 3.63) is 22.9 Å².